The van der Waals surface area contributed by atoms with Crippen molar-refractivity contribution in [2.45, 2.75) is 96.1 Å². The van der Waals surface area contributed by atoms with Crippen LogP contribution in [0.25, 0.3) is 10.9 Å². The molecule has 266 valence electrons. The number of amides is 3. The fourth-order valence-corrected chi connectivity index (χ4v) is 7.26. The zero-order valence-electron chi connectivity index (χ0n) is 28.5. The van der Waals surface area contributed by atoms with Crippen molar-refractivity contribution in [3.05, 3.63) is 35.3 Å². The molecule has 5 rings (SSSR count). The molecule has 0 bridgehead atoms. The predicted molar refractivity (Wildman–Crippen MR) is 184 cm³/mol. The maximum atomic E-state index is 14.4. The number of likely N-dealkylation sites (tertiary alicyclic amines) is 1. The minimum absolute atomic E-state index is 0.0150. The maximum Gasteiger partial charge on any atom is 0.408 e. The van der Waals surface area contributed by atoms with Crippen molar-refractivity contribution >= 4 is 50.7 Å². The van der Waals surface area contributed by atoms with Crippen LogP contribution in [0.15, 0.2) is 35.3 Å². The highest BCUT2D eigenvalue weighted by molar-refractivity contribution is 9.10. The number of hydrogen-bond acceptors (Lipinski definition) is 9. The number of ether oxygens (including phenoxy) is 4. The van der Waals surface area contributed by atoms with Gasteiger partial charge < -0.3 is 39.6 Å². The number of carboxylic acids is 1. The molecule has 14 heteroatoms. The van der Waals surface area contributed by atoms with Gasteiger partial charge in [0.1, 0.15) is 41.3 Å². The molecule has 3 N–H and O–H groups in total. The molecule has 3 fully saturated rings. The molecule has 1 saturated heterocycles. The smallest absolute Gasteiger partial charge is 0.408 e. The van der Waals surface area contributed by atoms with E-state index in [9.17, 15) is 24.3 Å². The Hall–Kier alpha value is -4.07. The summed E-state index contributed by atoms with van der Waals surface area (Å²) in [6, 6.07) is 3.07. The number of methoxy groups -OCH3 is 1. The first-order chi connectivity index (χ1) is 23.2. The zero-order chi connectivity index (χ0) is 35.7. The topological polar surface area (TPSA) is 166 Å². The minimum Gasteiger partial charge on any atom is -0.495 e. The summed E-state index contributed by atoms with van der Waals surface area (Å²) in [5.74, 6) is -1.48. The molecule has 13 nitrogen and oxygen atoms in total. The molecule has 2 saturated carbocycles. The third kappa shape index (κ3) is 7.58. The summed E-state index contributed by atoms with van der Waals surface area (Å²) in [5.41, 5.74) is -1.73. The molecular weight excluding hydrogens is 700 g/mol. The lowest BCUT2D eigenvalue weighted by Gasteiger charge is -2.35. The largest absolute Gasteiger partial charge is 0.495 e. The number of fused-ring (bicyclic) bond motifs is 1. The molecular formula is C35H45BrN4O9. The van der Waals surface area contributed by atoms with Crippen LogP contribution in [0.5, 0.6) is 17.4 Å². The molecule has 2 unspecified atom stereocenters. The molecule has 1 aliphatic heterocycles. The van der Waals surface area contributed by atoms with E-state index in [0.717, 1.165) is 25.7 Å². The quantitative estimate of drug-likeness (QED) is 0.252. The van der Waals surface area contributed by atoms with Crippen LogP contribution in [0.1, 0.15) is 66.2 Å². The molecule has 3 aliphatic rings. The molecule has 49 heavy (non-hydrogen) atoms. The second kappa shape index (κ2) is 14.4. The van der Waals surface area contributed by atoms with Crippen molar-refractivity contribution in [2.75, 3.05) is 20.3 Å². The number of nitrogens with zero attached hydrogens (tertiary/aromatic N) is 2. The Bertz CT molecular complexity index is 1620. The van der Waals surface area contributed by atoms with Crippen LogP contribution >= 0.6 is 15.9 Å². The van der Waals surface area contributed by atoms with Gasteiger partial charge in [-0.15, -0.1) is 6.58 Å². The summed E-state index contributed by atoms with van der Waals surface area (Å²) in [6.45, 7) is 11.3. The van der Waals surface area contributed by atoms with Crippen molar-refractivity contribution < 1.29 is 43.2 Å². The van der Waals surface area contributed by atoms with E-state index in [2.05, 4.69) is 38.1 Å². The van der Waals surface area contributed by atoms with E-state index in [0.29, 0.717) is 39.4 Å². The number of benzene rings is 1. The maximum absolute atomic E-state index is 14.4. The van der Waals surface area contributed by atoms with Crippen LogP contribution in [0.2, 0.25) is 0 Å². The zero-order valence-corrected chi connectivity index (χ0v) is 30.1. The highest BCUT2D eigenvalue weighted by Gasteiger charge is 2.61. The first-order valence-corrected chi connectivity index (χ1v) is 17.4. The van der Waals surface area contributed by atoms with Gasteiger partial charge in [0.2, 0.25) is 17.7 Å². The normalized spacial score (nSPS) is 24.2. The van der Waals surface area contributed by atoms with Gasteiger partial charge in [-0.3, -0.25) is 9.59 Å². The molecule has 2 aliphatic carbocycles. The van der Waals surface area contributed by atoms with Crippen LogP contribution in [0, 0.1) is 11.3 Å². The monoisotopic (exact) mass is 744 g/mol. The number of carbonyl (C=O) groups excluding carboxylic acids is 3. The van der Waals surface area contributed by atoms with Gasteiger partial charge in [-0.05, 0) is 72.5 Å². The average molecular weight is 746 g/mol. The lowest BCUT2D eigenvalue weighted by atomic mass is 9.85. The third-order valence-corrected chi connectivity index (χ3v) is 10.2. The second-order valence-corrected chi connectivity index (χ2v) is 14.7. The fourth-order valence-electron chi connectivity index (χ4n) is 6.66. The Morgan fingerprint density at radius 3 is 2.49 bits per heavy atom. The van der Waals surface area contributed by atoms with Gasteiger partial charge in [0.15, 0.2) is 0 Å². The number of aliphatic carboxylic acids is 1. The number of carboxylic acid groups (broad SMARTS) is 1. The van der Waals surface area contributed by atoms with E-state index in [4.69, 9.17) is 18.9 Å². The molecule has 3 amide bonds. The van der Waals surface area contributed by atoms with Gasteiger partial charge >= 0.3 is 12.1 Å². The SMILES string of the molecule is C=CC1C[C@]1(NC(=O)[C@@H]1C[C@H](Oc2cc(OCC)nc3c(Br)c(OC)ccc23)CN1C(=O)C(NC(=O)OC1CCCC1)C(C)(C)C)C(=O)O. The number of rotatable bonds is 12. The molecule has 2 aromatic rings. The Balaban J connectivity index is 1.46. The fraction of sp³-hybridized carbons (Fsp3) is 0.571. The Labute approximate surface area is 294 Å². The predicted octanol–water partition coefficient (Wildman–Crippen LogP) is 4.98. The van der Waals surface area contributed by atoms with Crippen LogP contribution in [0.3, 0.4) is 0 Å². The second-order valence-electron chi connectivity index (χ2n) is 13.9. The first kappa shape index (κ1) is 36.2. The van der Waals surface area contributed by atoms with E-state index in [1.54, 1.807) is 25.3 Å². The lowest BCUT2D eigenvalue weighted by Crippen LogP contribution is -2.59. The van der Waals surface area contributed by atoms with Crippen molar-refractivity contribution in [3.8, 4) is 17.4 Å². The average Bonchev–Trinajstić information content (AvgIpc) is 3.32. The molecule has 2 heterocycles. The van der Waals surface area contributed by atoms with E-state index < -0.39 is 58.9 Å². The minimum atomic E-state index is -1.50. The van der Waals surface area contributed by atoms with Gasteiger partial charge in [0, 0.05) is 23.8 Å². The third-order valence-electron chi connectivity index (χ3n) is 9.46. The first-order valence-electron chi connectivity index (χ1n) is 16.6. The highest BCUT2D eigenvalue weighted by atomic mass is 79.9. The molecule has 5 atom stereocenters. The van der Waals surface area contributed by atoms with E-state index >= 15 is 0 Å². The molecule has 0 radical (unpaired) electrons. The van der Waals surface area contributed by atoms with Gasteiger partial charge in [-0.2, -0.15) is 0 Å². The summed E-state index contributed by atoms with van der Waals surface area (Å²) in [6.07, 6.45) is 3.63. The molecule has 1 aromatic carbocycles. The summed E-state index contributed by atoms with van der Waals surface area (Å²) in [5, 5.41) is 16.1. The summed E-state index contributed by atoms with van der Waals surface area (Å²) in [4.78, 5) is 59.6. The Morgan fingerprint density at radius 2 is 1.90 bits per heavy atom. The number of nitrogens with one attached hydrogen (secondary N) is 2. The van der Waals surface area contributed by atoms with Crippen LogP contribution in [0.4, 0.5) is 4.79 Å². The molecule has 1 aromatic heterocycles. The highest BCUT2D eigenvalue weighted by Crippen LogP contribution is 2.45. The van der Waals surface area contributed by atoms with Gasteiger partial charge in [0.05, 0.1) is 30.3 Å². The van der Waals surface area contributed by atoms with Gasteiger partial charge in [0.25, 0.3) is 0 Å². The van der Waals surface area contributed by atoms with Crippen LogP contribution in [-0.2, 0) is 19.1 Å². The van der Waals surface area contributed by atoms with Crippen molar-refractivity contribution in [1.29, 1.82) is 0 Å². The van der Waals surface area contributed by atoms with Crippen molar-refractivity contribution in [3.63, 3.8) is 0 Å². The standard InChI is InChI=1S/C35H45BrN4O9/c1-7-19-17-35(19,32(43)44)39-30(41)23-15-21(48-25-16-26(47-8-2)37-28-22(25)13-14-24(46-6)27(28)36)18-40(23)31(42)29(34(3,4)5)38-33(45)49-20-11-9-10-12-20/h7,13-14,16,19-21,23,29H,1,8-12,15,17-18H2,2-6H3,(H,38,45)(H,39,41)(H,43,44)/t19?,21-,23-,29?,35+/m0/s1. The molecule has 0 spiro atoms. The Morgan fingerprint density at radius 1 is 1.18 bits per heavy atom. The van der Waals surface area contributed by atoms with Crippen LogP contribution < -0.4 is 24.8 Å². The van der Waals surface area contributed by atoms with Gasteiger partial charge in [-0.25, -0.2) is 14.6 Å². The van der Waals surface area contributed by atoms with E-state index in [1.807, 2.05) is 27.7 Å². The van der Waals surface area contributed by atoms with E-state index in [-0.39, 0.29) is 25.5 Å². The Kier molecular flexibility index (Phi) is 10.7. The van der Waals surface area contributed by atoms with E-state index in [1.165, 1.54) is 11.0 Å². The summed E-state index contributed by atoms with van der Waals surface area (Å²) < 4.78 is 23.9. The number of pyridine rings is 1. The summed E-state index contributed by atoms with van der Waals surface area (Å²) >= 11 is 3.56. The number of alkyl carbamates (subject to hydrolysis) is 1. The number of halogens is 1. The number of carbonyl (C=O) groups is 4. The lowest BCUT2D eigenvalue weighted by molar-refractivity contribution is -0.146. The van der Waals surface area contributed by atoms with Gasteiger partial charge in [-0.1, -0.05) is 26.8 Å². The van der Waals surface area contributed by atoms with Crippen molar-refractivity contribution in [1.82, 2.24) is 20.5 Å². The van der Waals surface area contributed by atoms with Crippen LogP contribution in [-0.4, -0.2) is 89.0 Å². The number of aromatic nitrogens is 1. The number of hydrogen-bond donors (Lipinski definition) is 3. The van der Waals surface area contributed by atoms with Crippen molar-refractivity contribution in [2.24, 2.45) is 11.3 Å². The summed E-state index contributed by atoms with van der Waals surface area (Å²) in [7, 11) is 1.55.